The Kier molecular flexibility index (Phi) is 5.87. The normalized spacial score (nSPS) is 22.2. The van der Waals surface area contributed by atoms with Gasteiger partial charge >= 0.3 is 6.03 Å². The first-order valence-corrected chi connectivity index (χ1v) is 8.43. The molecule has 0 unspecified atom stereocenters. The smallest absolute Gasteiger partial charge is 0.332 e. The number of carbonyl (C=O) groups excluding carboxylic acids is 3. The van der Waals surface area contributed by atoms with Crippen molar-refractivity contribution >= 4 is 23.6 Å². The number of aliphatic imine (C=N–C) groups is 1. The molecule has 0 aliphatic carbocycles. The Balaban J connectivity index is 2.05. The largest absolute Gasteiger partial charge is 0.333 e. The lowest BCUT2D eigenvalue weighted by Crippen LogP contribution is -3.13. The minimum Gasteiger partial charge on any atom is -0.333 e. The Morgan fingerprint density at radius 3 is 2.17 bits per heavy atom. The SMILES string of the molecule is CCC(=NCC[NH+]1CCCCC1)C1C(=O)N(C)C(=O)N(C)C1=O. The van der Waals surface area contributed by atoms with Crippen LogP contribution < -0.4 is 4.90 Å². The number of amides is 4. The summed E-state index contributed by atoms with van der Waals surface area (Å²) in [5.74, 6) is -1.88. The Bertz CT molecular complexity index is 487. The average Bonchev–Trinajstić information content (AvgIpc) is 2.58. The number of hydrogen-bond acceptors (Lipinski definition) is 4. The van der Waals surface area contributed by atoms with Crippen molar-refractivity contribution in [3.05, 3.63) is 0 Å². The Hall–Kier alpha value is -1.76. The van der Waals surface area contributed by atoms with Gasteiger partial charge in [-0.05, 0) is 25.7 Å². The van der Waals surface area contributed by atoms with Crippen molar-refractivity contribution in [2.45, 2.75) is 32.6 Å². The summed E-state index contributed by atoms with van der Waals surface area (Å²) < 4.78 is 0. The highest BCUT2D eigenvalue weighted by Crippen LogP contribution is 2.18. The Morgan fingerprint density at radius 1 is 1.09 bits per heavy atom. The minimum absolute atomic E-state index is 0.469. The van der Waals surface area contributed by atoms with Crippen molar-refractivity contribution in [3.8, 4) is 0 Å². The maximum absolute atomic E-state index is 12.3. The van der Waals surface area contributed by atoms with Crippen LogP contribution in [0.5, 0.6) is 0 Å². The summed E-state index contributed by atoms with van der Waals surface area (Å²) in [7, 11) is 2.82. The zero-order valence-corrected chi connectivity index (χ0v) is 14.3. The second-order valence-corrected chi connectivity index (χ2v) is 6.30. The molecule has 2 saturated heterocycles. The van der Waals surface area contributed by atoms with Crippen molar-refractivity contribution in [1.29, 1.82) is 0 Å². The highest BCUT2D eigenvalue weighted by atomic mass is 16.2. The summed E-state index contributed by atoms with van der Waals surface area (Å²) in [6.45, 7) is 5.81. The highest BCUT2D eigenvalue weighted by Gasteiger charge is 2.44. The van der Waals surface area contributed by atoms with E-state index >= 15 is 0 Å². The molecule has 0 bridgehead atoms. The summed E-state index contributed by atoms with van der Waals surface area (Å²) in [5, 5.41) is 0. The lowest BCUT2D eigenvalue weighted by Gasteiger charge is -2.33. The molecule has 0 atom stereocenters. The van der Waals surface area contributed by atoms with Gasteiger partial charge in [-0.2, -0.15) is 0 Å². The van der Waals surface area contributed by atoms with Crippen LogP contribution in [0.4, 0.5) is 4.79 Å². The number of hydrogen-bond donors (Lipinski definition) is 1. The van der Waals surface area contributed by atoms with Gasteiger partial charge in [-0.25, -0.2) is 4.79 Å². The van der Waals surface area contributed by atoms with E-state index in [0.717, 1.165) is 16.3 Å². The Morgan fingerprint density at radius 2 is 1.65 bits per heavy atom. The first-order chi connectivity index (χ1) is 11.0. The van der Waals surface area contributed by atoms with Gasteiger partial charge < -0.3 is 4.90 Å². The number of piperidine rings is 1. The molecule has 0 aromatic rings. The van der Waals surface area contributed by atoms with Gasteiger partial charge in [0, 0.05) is 19.8 Å². The molecule has 2 fully saturated rings. The number of nitrogens with zero attached hydrogens (tertiary/aromatic N) is 3. The molecular formula is C16H27N4O3+. The van der Waals surface area contributed by atoms with E-state index in [-0.39, 0.29) is 0 Å². The molecule has 0 aromatic carbocycles. The van der Waals surface area contributed by atoms with Crippen LogP contribution in [0.1, 0.15) is 32.6 Å². The molecule has 0 saturated carbocycles. The van der Waals surface area contributed by atoms with Crippen LogP contribution in [-0.2, 0) is 9.59 Å². The summed E-state index contributed by atoms with van der Waals surface area (Å²) in [5.41, 5.74) is 0.586. The van der Waals surface area contributed by atoms with Gasteiger partial charge in [0.25, 0.3) is 0 Å². The van der Waals surface area contributed by atoms with Crippen molar-refractivity contribution in [2.75, 3.05) is 40.3 Å². The van der Waals surface area contributed by atoms with E-state index in [1.54, 1.807) is 4.90 Å². The molecule has 2 aliphatic heterocycles. The highest BCUT2D eigenvalue weighted by molar-refractivity contribution is 6.27. The fraction of sp³-hybridized carbons (Fsp3) is 0.750. The number of likely N-dealkylation sites (tertiary alicyclic amines) is 1. The first-order valence-electron chi connectivity index (χ1n) is 8.43. The van der Waals surface area contributed by atoms with Crippen LogP contribution in [0.25, 0.3) is 0 Å². The van der Waals surface area contributed by atoms with Crippen molar-refractivity contribution < 1.29 is 19.3 Å². The van der Waals surface area contributed by atoms with Crippen LogP contribution in [0, 0.1) is 5.92 Å². The summed E-state index contributed by atoms with van der Waals surface area (Å²) in [6.07, 6.45) is 4.37. The molecule has 1 N–H and O–H groups in total. The quantitative estimate of drug-likeness (QED) is 0.551. The second-order valence-electron chi connectivity index (χ2n) is 6.30. The molecule has 7 heteroatoms. The molecular weight excluding hydrogens is 296 g/mol. The topological polar surface area (TPSA) is 74.5 Å². The van der Waals surface area contributed by atoms with E-state index in [4.69, 9.17) is 0 Å². The first kappa shape index (κ1) is 17.6. The van der Waals surface area contributed by atoms with Gasteiger partial charge in [0.05, 0.1) is 26.2 Å². The van der Waals surface area contributed by atoms with E-state index < -0.39 is 23.8 Å². The summed E-state index contributed by atoms with van der Waals surface area (Å²) in [6, 6.07) is -0.579. The lowest BCUT2D eigenvalue weighted by atomic mass is 9.96. The lowest BCUT2D eigenvalue weighted by molar-refractivity contribution is -0.903. The molecule has 7 nitrogen and oxygen atoms in total. The maximum Gasteiger partial charge on any atom is 0.332 e. The van der Waals surface area contributed by atoms with E-state index in [0.29, 0.717) is 18.7 Å². The number of barbiturate groups is 1. The van der Waals surface area contributed by atoms with Crippen LogP contribution in [-0.4, -0.2) is 73.6 Å². The number of carbonyl (C=O) groups is 3. The van der Waals surface area contributed by atoms with Crippen LogP contribution >= 0.6 is 0 Å². The average molecular weight is 323 g/mol. The van der Waals surface area contributed by atoms with Crippen molar-refractivity contribution in [3.63, 3.8) is 0 Å². The monoisotopic (exact) mass is 323 g/mol. The van der Waals surface area contributed by atoms with Crippen molar-refractivity contribution in [2.24, 2.45) is 10.9 Å². The predicted octanol–water partition coefficient (Wildman–Crippen LogP) is -0.427. The third-order valence-electron chi connectivity index (χ3n) is 4.77. The summed E-state index contributed by atoms with van der Waals surface area (Å²) in [4.78, 5) is 44.5. The van der Waals surface area contributed by atoms with Crippen molar-refractivity contribution in [1.82, 2.24) is 9.80 Å². The third kappa shape index (κ3) is 3.77. The van der Waals surface area contributed by atoms with Gasteiger partial charge in [0.2, 0.25) is 11.8 Å². The third-order valence-corrected chi connectivity index (χ3v) is 4.77. The fourth-order valence-electron chi connectivity index (χ4n) is 3.26. The van der Waals surface area contributed by atoms with Crippen LogP contribution in [0.3, 0.4) is 0 Å². The molecule has 128 valence electrons. The predicted molar refractivity (Wildman–Crippen MR) is 86.4 cm³/mol. The van der Waals surface area contributed by atoms with Crippen LogP contribution in [0.2, 0.25) is 0 Å². The number of quaternary nitrogens is 1. The second kappa shape index (κ2) is 7.68. The van der Waals surface area contributed by atoms with Gasteiger partial charge in [-0.1, -0.05) is 6.92 Å². The van der Waals surface area contributed by atoms with E-state index in [1.807, 2.05) is 6.92 Å². The molecule has 4 amide bonds. The number of rotatable bonds is 5. The zero-order chi connectivity index (χ0) is 17.0. The standard InChI is InChI=1S/C16H26N4O3/c1-4-12(17-8-11-20-9-6-5-7-10-20)13-14(21)18(2)16(23)19(3)15(13)22/h13H,4-11H2,1-3H3/p+1. The molecule has 2 heterocycles. The van der Waals surface area contributed by atoms with E-state index in [9.17, 15) is 14.4 Å². The van der Waals surface area contributed by atoms with E-state index in [2.05, 4.69) is 4.99 Å². The minimum atomic E-state index is -0.941. The summed E-state index contributed by atoms with van der Waals surface area (Å²) >= 11 is 0. The molecule has 0 aromatic heterocycles. The molecule has 23 heavy (non-hydrogen) atoms. The fourth-order valence-corrected chi connectivity index (χ4v) is 3.26. The molecule has 2 rings (SSSR count). The molecule has 0 spiro atoms. The maximum atomic E-state index is 12.3. The number of imide groups is 2. The number of nitrogens with one attached hydrogen (secondary N) is 1. The van der Waals surface area contributed by atoms with Gasteiger partial charge in [0.1, 0.15) is 0 Å². The molecule has 2 aliphatic rings. The van der Waals surface area contributed by atoms with Gasteiger partial charge in [-0.15, -0.1) is 0 Å². The zero-order valence-electron chi connectivity index (χ0n) is 14.3. The van der Waals surface area contributed by atoms with Crippen LogP contribution in [0.15, 0.2) is 4.99 Å². The van der Waals surface area contributed by atoms with E-state index in [1.165, 1.54) is 46.4 Å². The van der Waals surface area contributed by atoms with Gasteiger partial charge in [0.15, 0.2) is 5.92 Å². The molecule has 0 radical (unpaired) electrons. The van der Waals surface area contributed by atoms with Gasteiger partial charge in [-0.3, -0.25) is 24.4 Å². The number of urea groups is 1. The Labute approximate surface area is 137 Å².